The summed E-state index contributed by atoms with van der Waals surface area (Å²) in [6.45, 7) is 5.77. The molecule has 0 saturated carbocycles. The molecule has 0 aliphatic heterocycles. The zero-order chi connectivity index (χ0) is 21.1. The largest absolute Gasteiger partial charge is 0.289 e. The smallest absolute Gasteiger partial charge is 0.272 e. The Balaban J connectivity index is 1.56. The van der Waals surface area contributed by atoms with Crippen LogP contribution in [0, 0.1) is 13.8 Å². The SMILES string of the molecule is C/C(=N\NC(=O)c1cc(-c2c(C)nn(-c3ccccc3)c2C)n[nH]1)c1ccccc1. The molecule has 0 atom stereocenters. The normalized spacial score (nSPS) is 11.5. The molecule has 0 radical (unpaired) electrons. The van der Waals surface area contributed by atoms with Gasteiger partial charge < -0.3 is 0 Å². The molecule has 7 nitrogen and oxygen atoms in total. The van der Waals surface area contributed by atoms with Crippen LogP contribution in [0.15, 0.2) is 71.8 Å². The number of rotatable bonds is 5. The summed E-state index contributed by atoms with van der Waals surface area (Å²) >= 11 is 0. The van der Waals surface area contributed by atoms with Crippen molar-refractivity contribution in [2.24, 2.45) is 5.10 Å². The predicted octanol–water partition coefficient (Wildman–Crippen LogP) is 4.03. The van der Waals surface area contributed by atoms with Gasteiger partial charge in [0, 0.05) is 5.56 Å². The monoisotopic (exact) mass is 398 g/mol. The van der Waals surface area contributed by atoms with Crippen LogP contribution in [0.3, 0.4) is 0 Å². The predicted molar refractivity (Wildman–Crippen MR) is 117 cm³/mol. The van der Waals surface area contributed by atoms with E-state index in [1.54, 1.807) is 6.07 Å². The Kier molecular flexibility index (Phi) is 5.26. The standard InChI is InChI=1S/C23H22N6O/c1-15(18-10-6-4-7-11-18)24-27-23(30)21-14-20(25-26-21)22-16(2)28-29(17(22)3)19-12-8-5-9-13-19/h4-14H,1-3H3,(H,25,26)(H,27,30)/b24-15+. The van der Waals surface area contributed by atoms with Crippen molar-refractivity contribution < 1.29 is 4.79 Å². The fraction of sp³-hybridized carbons (Fsp3) is 0.130. The number of aromatic amines is 1. The van der Waals surface area contributed by atoms with Crippen LogP contribution in [0.5, 0.6) is 0 Å². The van der Waals surface area contributed by atoms with Crippen molar-refractivity contribution in [2.75, 3.05) is 0 Å². The van der Waals surface area contributed by atoms with E-state index < -0.39 is 0 Å². The molecular weight excluding hydrogens is 376 g/mol. The second-order valence-corrected chi connectivity index (χ2v) is 6.96. The molecule has 0 aliphatic carbocycles. The van der Waals surface area contributed by atoms with Gasteiger partial charge in [-0.1, -0.05) is 48.5 Å². The Hall–Kier alpha value is -4.00. The Bertz CT molecular complexity index is 1210. The molecule has 2 aromatic carbocycles. The van der Waals surface area contributed by atoms with Crippen molar-refractivity contribution in [3.8, 4) is 16.9 Å². The van der Waals surface area contributed by atoms with Crippen LogP contribution in [0.1, 0.15) is 34.4 Å². The Morgan fingerprint density at radius 1 is 1.03 bits per heavy atom. The number of para-hydroxylation sites is 1. The van der Waals surface area contributed by atoms with Gasteiger partial charge in [0.05, 0.1) is 28.5 Å². The van der Waals surface area contributed by atoms with E-state index >= 15 is 0 Å². The summed E-state index contributed by atoms with van der Waals surface area (Å²) in [6.07, 6.45) is 0. The number of H-pyrrole nitrogens is 1. The Morgan fingerprint density at radius 2 is 1.70 bits per heavy atom. The molecule has 0 bridgehead atoms. The van der Waals surface area contributed by atoms with E-state index in [9.17, 15) is 4.79 Å². The summed E-state index contributed by atoms with van der Waals surface area (Å²) in [5.74, 6) is -0.352. The fourth-order valence-corrected chi connectivity index (χ4v) is 3.34. The highest BCUT2D eigenvalue weighted by Gasteiger charge is 2.19. The zero-order valence-corrected chi connectivity index (χ0v) is 17.0. The summed E-state index contributed by atoms with van der Waals surface area (Å²) in [6, 6.07) is 21.3. The zero-order valence-electron chi connectivity index (χ0n) is 17.0. The maximum Gasteiger partial charge on any atom is 0.289 e. The van der Waals surface area contributed by atoms with Gasteiger partial charge in [-0.3, -0.25) is 9.89 Å². The van der Waals surface area contributed by atoms with Gasteiger partial charge in [-0.15, -0.1) is 0 Å². The van der Waals surface area contributed by atoms with E-state index in [4.69, 9.17) is 0 Å². The van der Waals surface area contributed by atoms with Crippen molar-refractivity contribution in [2.45, 2.75) is 20.8 Å². The lowest BCUT2D eigenvalue weighted by molar-refractivity contribution is 0.0950. The fourth-order valence-electron chi connectivity index (χ4n) is 3.34. The molecule has 0 aliphatic rings. The van der Waals surface area contributed by atoms with Gasteiger partial charge in [0.1, 0.15) is 5.69 Å². The third kappa shape index (κ3) is 3.77. The number of benzene rings is 2. The highest BCUT2D eigenvalue weighted by molar-refractivity contribution is 6.00. The van der Waals surface area contributed by atoms with Crippen LogP contribution in [0.25, 0.3) is 16.9 Å². The minimum atomic E-state index is -0.352. The van der Waals surface area contributed by atoms with Crippen LogP contribution in [-0.2, 0) is 0 Å². The molecule has 0 spiro atoms. The number of aromatic nitrogens is 4. The summed E-state index contributed by atoms with van der Waals surface area (Å²) < 4.78 is 1.88. The molecule has 0 unspecified atom stereocenters. The van der Waals surface area contributed by atoms with Crippen LogP contribution in [0.2, 0.25) is 0 Å². The van der Waals surface area contributed by atoms with Crippen molar-refractivity contribution in [1.82, 2.24) is 25.4 Å². The van der Waals surface area contributed by atoms with Crippen LogP contribution < -0.4 is 5.43 Å². The highest BCUT2D eigenvalue weighted by atomic mass is 16.2. The molecule has 2 N–H and O–H groups in total. The van der Waals surface area contributed by atoms with Gasteiger partial charge in [0.15, 0.2) is 0 Å². The van der Waals surface area contributed by atoms with Crippen molar-refractivity contribution in [3.63, 3.8) is 0 Å². The Labute approximate surface area is 174 Å². The topological polar surface area (TPSA) is 88.0 Å². The molecule has 4 aromatic rings. The average molecular weight is 398 g/mol. The second kappa shape index (κ2) is 8.16. The van der Waals surface area contributed by atoms with Crippen LogP contribution in [0.4, 0.5) is 0 Å². The summed E-state index contributed by atoms with van der Waals surface area (Å²) in [5, 5.41) is 16.0. The molecule has 2 aromatic heterocycles. The van der Waals surface area contributed by atoms with E-state index in [2.05, 4.69) is 25.8 Å². The molecule has 1 amide bonds. The number of nitrogens with zero attached hydrogens (tertiary/aromatic N) is 4. The minimum absolute atomic E-state index is 0.334. The number of hydrazone groups is 1. The lowest BCUT2D eigenvalue weighted by Crippen LogP contribution is -2.19. The number of carbonyl (C=O) groups is 1. The molecule has 0 saturated heterocycles. The number of amides is 1. The molecule has 4 rings (SSSR count). The van der Waals surface area contributed by atoms with E-state index in [1.165, 1.54) is 0 Å². The summed E-state index contributed by atoms with van der Waals surface area (Å²) in [4.78, 5) is 12.5. The lowest BCUT2D eigenvalue weighted by Gasteiger charge is -2.04. The average Bonchev–Trinajstić information content (AvgIpc) is 3.37. The lowest BCUT2D eigenvalue weighted by atomic mass is 10.1. The molecule has 150 valence electrons. The minimum Gasteiger partial charge on any atom is -0.272 e. The van der Waals surface area contributed by atoms with Crippen LogP contribution in [-0.4, -0.2) is 31.6 Å². The number of hydrogen-bond acceptors (Lipinski definition) is 4. The first-order valence-electron chi connectivity index (χ1n) is 9.62. The van der Waals surface area contributed by atoms with Gasteiger partial charge in [-0.2, -0.15) is 15.3 Å². The van der Waals surface area contributed by atoms with Crippen molar-refractivity contribution in [1.29, 1.82) is 0 Å². The first-order chi connectivity index (χ1) is 14.5. The number of nitrogens with one attached hydrogen (secondary N) is 2. The van der Waals surface area contributed by atoms with E-state index in [0.29, 0.717) is 11.4 Å². The molecule has 2 heterocycles. The van der Waals surface area contributed by atoms with Crippen LogP contribution >= 0.6 is 0 Å². The summed E-state index contributed by atoms with van der Waals surface area (Å²) in [7, 11) is 0. The van der Waals surface area contributed by atoms with Gasteiger partial charge in [0.2, 0.25) is 0 Å². The first kappa shape index (κ1) is 19.3. The molecular formula is C23H22N6O. The molecule has 30 heavy (non-hydrogen) atoms. The van der Waals surface area contributed by atoms with Gasteiger partial charge in [-0.05, 0) is 44.5 Å². The molecule has 7 heteroatoms. The maximum absolute atomic E-state index is 12.5. The number of aryl methyl sites for hydroxylation is 1. The van der Waals surface area contributed by atoms with Gasteiger partial charge in [0.25, 0.3) is 5.91 Å². The molecule has 0 fully saturated rings. The number of hydrogen-bond donors (Lipinski definition) is 2. The van der Waals surface area contributed by atoms with E-state index in [-0.39, 0.29) is 5.91 Å². The second-order valence-electron chi connectivity index (χ2n) is 6.96. The first-order valence-corrected chi connectivity index (χ1v) is 9.62. The van der Waals surface area contributed by atoms with Crippen molar-refractivity contribution >= 4 is 11.6 Å². The van der Waals surface area contributed by atoms with Gasteiger partial charge >= 0.3 is 0 Å². The summed E-state index contributed by atoms with van der Waals surface area (Å²) in [5.41, 5.74) is 8.92. The number of carbonyl (C=O) groups excluding carboxylic acids is 1. The quantitative estimate of drug-likeness (QED) is 0.393. The third-order valence-corrected chi connectivity index (χ3v) is 4.89. The Morgan fingerprint density at radius 3 is 2.40 bits per heavy atom. The van der Waals surface area contributed by atoms with Crippen molar-refractivity contribution in [3.05, 3.63) is 89.4 Å². The van der Waals surface area contributed by atoms with E-state index in [0.717, 1.165) is 33.9 Å². The van der Waals surface area contributed by atoms with Gasteiger partial charge in [-0.25, -0.2) is 10.1 Å². The third-order valence-electron chi connectivity index (χ3n) is 4.89. The maximum atomic E-state index is 12.5. The van der Waals surface area contributed by atoms with E-state index in [1.807, 2.05) is 86.1 Å². The highest BCUT2D eigenvalue weighted by Crippen LogP contribution is 2.27.